The van der Waals surface area contributed by atoms with Crippen LogP contribution in [0.4, 0.5) is 0 Å². The maximum atomic E-state index is 12.1. The zero-order chi connectivity index (χ0) is 33.6. The quantitative estimate of drug-likeness (QED) is 0.0872. The topological polar surface area (TPSA) is 316 Å². The summed E-state index contributed by atoms with van der Waals surface area (Å²) in [5.74, 6) is -1.33. The maximum Gasteiger partial charge on any atom is 0.217 e. The molecule has 3 rings (SSSR count). The molecule has 0 aromatic heterocycles. The highest BCUT2D eigenvalue weighted by atomic mass is 16.7. The van der Waals surface area contributed by atoms with Crippen LogP contribution in [0.15, 0.2) is 0 Å². The first-order valence-electron chi connectivity index (χ1n) is 14.2. The Labute approximate surface area is 257 Å². The zero-order valence-corrected chi connectivity index (χ0v) is 24.5. The number of amides is 2. The Bertz CT molecular complexity index is 950. The summed E-state index contributed by atoms with van der Waals surface area (Å²) in [5, 5.41) is 107. The van der Waals surface area contributed by atoms with Gasteiger partial charge in [-0.05, 0) is 0 Å². The van der Waals surface area contributed by atoms with Crippen LogP contribution < -0.4 is 10.6 Å². The predicted molar refractivity (Wildman–Crippen MR) is 141 cm³/mol. The Balaban J connectivity index is 1.90. The summed E-state index contributed by atoms with van der Waals surface area (Å²) < 4.78 is 33.7. The van der Waals surface area contributed by atoms with Crippen molar-refractivity contribution >= 4 is 11.8 Å². The fraction of sp³-hybridized carbons (Fsp3) is 0.920. The van der Waals surface area contributed by atoms with Crippen molar-refractivity contribution in [2.24, 2.45) is 0 Å². The van der Waals surface area contributed by atoms with Crippen molar-refractivity contribution in [2.75, 3.05) is 33.0 Å². The lowest BCUT2D eigenvalue weighted by atomic mass is 9.94. The SMILES string of the molecule is CC(=O)N[C@H]1[C@H](O[C@H]2[C@@H](O)[C@@H](CO)O[C@H](O[C@H]3[C@@H](O)[C@@H](CO)O[C@@H](OCC(O)CO)[C@@H]3NC(C)=O)[C@@H]2O)O[C@H](CO)[C@H](O)[C@@H]1O. The van der Waals surface area contributed by atoms with Gasteiger partial charge in [0.05, 0.1) is 33.0 Å². The summed E-state index contributed by atoms with van der Waals surface area (Å²) in [6.07, 6.45) is -22.9. The van der Waals surface area contributed by atoms with Crippen molar-refractivity contribution in [3.8, 4) is 0 Å². The molecular formula is C25H44N2O18. The Morgan fingerprint density at radius 2 is 1.11 bits per heavy atom. The average Bonchev–Trinajstić information content (AvgIpc) is 3.00. The molecule has 0 saturated carbocycles. The van der Waals surface area contributed by atoms with Crippen molar-refractivity contribution in [3.05, 3.63) is 0 Å². The molecule has 0 aliphatic carbocycles. The zero-order valence-electron chi connectivity index (χ0n) is 24.5. The molecular weight excluding hydrogens is 616 g/mol. The molecule has 0 aromatic rings. The Kier molecular flexibility index (Phi) is 14.2. The molecule has 0 radical (unpaired) electrons. The number of hydrogen-bond donors (Lipinski definition) is 12. The molecule has 16 atom stereocenters. The molecule has 3 saturated heterocycles. The minimum absolute atomic E-state index is 0.498. The Hall–Kier alpha value is -1.70. The van der Waals surface area contributed by atoms with Crippen LogP contribution in [0.2, 0.25) is 0 Å². The van der Waals surface area contributed by atoms with Gasteiger partial charge in [0.25, 0.3) is 0 Å². The van der Waals surface area contributed by atoms with Crippen LogP contribution in [-0.2, 0) is 38.0 Å². The first kappa shape index (κ1) is 37.8. The highest BCUT2D eigenvalue weighted by molar-refractivity contribution is 5.73. The van der Waals surface area contributed by atoms with Crippen LogP contribution in [0.5, 0.6) is 0 Å². The summed E-state index contributed by atoms with van der Waals surface area (Å²) >= 11 is 0. The number of ether oxygens (including phenoxy) is 6. The fourth-order valence-corrected chi connectivity index (χ4v) is 5.24. The number of carbonyl (C=O) groups is 2. The normalized spacial score (nSPS) is 43.0. The van der Waals surface area contributed by atoms with E-state index in [1.807, 2.05) is 0 Å². The second-order valence-corrected chi connectivity index (χ2v) is 11.0. The lowest BCUT2D eigenvalue weighted by Gasteiger charge is -2.49. The van der Waals surface area contributed by atoms with E-state index in [-0.39, 0.29) is 0 Å². The third kappa shape index (κ3) is 9.01. The van der Waals surface area contributed by atoms with Crippen molar-refractivity contribution in [3.63, 3.8) is 0 Å². The summed E-state index contributed by atoms with van der Waals surface area (Å²) in [6.45, 7) is -1.38. The minimum Gasteiger partial charge on any atom is -0.394 e. The van der Waals surface area contributed by atoms with Gasteiger partial charge < -0.3 is 90.1 Å². The number of nitrogens with one attached hydrogen (secondary N) is 2. The van der Waals surface area contributed by atoms with E-state index in [9.17, 15) is 55.5 Å². The standard InChI is InChI=1S/C25H44N2O18/c1-8(32)26-14-19(38)16(35)11(4-29)42-24(14)45-22-18(37)13(6-31)43-25(20(22)39)44-21-15(27-9(2)33)23(40-7-10(34)3-28)41-12(5-30)17(21)36/h10-25,28-31,34-39H,3-7H2,1-2H3,(H,26,32)(H,27,33)/t10?,11-,12-,13-,14-,15-,16+,17+,18+,19-,20-,21-,22+,23-,24+,25-/m1/s1. The molecule has 12 N–H and O–H groups in total. The van der Waals surface area contributed by atoms with Gasteiger partial charge in [-0.25, -0.2) is 0 Å². The molecule has 0 bridgehead atoms. The van der Waals surface area contributed by atoms with Crippen molar-refractivity contribution in [1.82, 2.24) is 10.6 Å². The van der Waals surface area contributed by atoms with Gasteiger partial charge in [0.15, 0.2) is 18.9 Å². The predicted octanol–water partition coefficient (Wildman–Crippen LogP) is -7.91. The van der Waals surface area contributed by atoms with Gasteiger partial charge in [0.1, 0.15) is 79.2 Å². The van der Waals surface area contributed by atoms with E-state index in [0.29, 0.717) is 0 Å². The van der Waals surface area contributed by atoms with Crippen molar-refractivity contribution in [2.45, 2.75) is 112 Å². The number of carbonyl (C=O) groups excluding carboxylic acids is 2. The Morgan fingerprint density at radius 1 is 0.644 bits per heavy atom. The lowest BCUT2D eigenvalue weighted by Crippen LogP contribution is -2.69. The van der Waals surface area contributed by atoms with Gasteiger partial charge >= 0.3 is 0 Å². The number of hydrogen-bond acceptors (Lipinski definition) is 18. The van der Waals surface area contributed by atoms with Gasteiger partial charge in [-0.2, -0.15) is 0 Å². The van der Waals surface area contributed by atoms with E-state index >= 15 is 0 Å². The summed E-state index contributed by atoms with van der Waals surface area (Å²) in [6, 6.07) is -2.85. The minimum atomic E-state index is -1.97. The third-order valence-electron chi connectivity index (χ3n) is 7.54. The van der Waals surface area contributed by atoms with Crippen molar-refractivity contribution in [1.29, 1.82) is 0 Å². The third-order valence-corrected chi connectivity index (χ3v) is 7.54. The van der Waals surface area contributed by atoms with Crippen LogP contribution >= 0.6 is 0 Å². The number of aliphatic hydroxyl groups excluding tert-OH is 10. The van der Waals surface area contributed by atoms with E-state index in [4.69, 9.17) is 33.5 Å². The van der Waals surface area contributed by atoms with E-state index in [1.54, 1.807) is 0 Å². The second-order valence-electron chi connectivity index (χ2n) is 11.0. The molecule has 3 aliphatic heterocycles. The fourth-order valence-electron chi connectivity index (χ4n) is 5.24. The van der Waals surface area contributed by atoms with Gasteiger partial charge in [0.2, 0.25) is 11.8 Å². The van der Waals surface area contributed by atoms with Gasteiger partial charge in [-0.3, -0.25) is 9.59 Å². The molecule has 2 amide bonds. The van der Waals surface area contributed by atoms with Crippen molar-refractivity contribution < 1.29 is 89.1 Å². The molecule has 3 aliphatic rings. The van der Waals surface area contributed by atoms with E-state index in [2.05, 4.69) is 10.6 Å². The largest absolute Gasteiger partial charge is 0.394 e. The van der Waals surface area contributed by atoms with Crippen LogP contribution in [0.3, 0.4) is 0 Å². The highest BCUT2D eigenvalue weighted by Gasteiger charge is 2.54. The van der Waals surface area contributed by atoms with Crippen LogP contribution in [0.1, 0.15) is 13.8 Å². The Morgan fingerprint density at radius 3 is 1.64 bits per heavy atom. The average molecular weight is 661 g/mol. The van der Waals surface area contributed by atoms with Crippen LogP contribution in [0, 0.1) is 0 Å². The maximum absolute atomic E-state index is 12.1. The second kappa shape index (κ2) is 16.9. The molecule has 0 aromatic carbocycles. The van der Waals surface area contributed by atoms with Gasteiger partial charge in [-0.1, -0.05) is 0 Å². The van der Waals surface area contributed by atoms with Crippen LogP contribution in [-0.4, -0.2) is 194 Å². The molecule has 20 nitrogen and oxygen atoms in total. The number of rotatable bonds is 13. The van der Waals surface area contributed by atoms with Gasteiger partial charge in [-0.15, -0.1) is 0 Å². The van der Waals surface area contributed by atoms with E-state index < -0.39 is 143 Å². The summed E-state index contributed by atoms with van der Waals surface area (Å²) in [7, 11) is 0. The molecule has 1 unspecified atom stereocenters. The van der Waals surface area contributed by atoms with E-state index in [1.165, 1.54) is 0 Å². The van der Waals surface area contributed by atoms with Gasteiger partial charge in [0, 0.05) is 13.8 Å². The molecule has 3 fully saturated rings. The highest BCUT2D eigenvalue weighted by Crippen LogP contribution is 2.33. The first-order valence-corrected chi connectivity index (χ1v) is 14.2. The molecule has 0 spiro atoms. The van der Waals surface area contributed by atoms with E-state index in [0.717, 1.165) is 13.8 Å². The molecule has 45 heavy (non-hydrogen) atoms. The molecule has 20 heteroatoms. The van der Waals surface area contributed by atoms with Crippen LogP contribution in [0.25, 0.3) is 0 Å². The molecule has 262 valence electrons. The molecule has 3 heterocycles. The summed E-state index contributed by atoms with van der Waals surface area (Å²) in [4.78, 5) is 23.9. The number of aliphatic hydroxyl groups is 10. The smallest absolute Gasteiger partial charge is 0.217 e. The first-order chi connectivity index (χ1) is 21.3. The monoisotopic (exact) mass is 660 g/mol. The summed E-state index contributed by atoms with van der Waals surface area (Å²) in [5.41, 5.74) is 0. The lowest BCUT2D eigenvalue weighted by molar-refractivity contribution is -0.367.